The van der Waals surface area contributed by atoms with E-state index < -0.39 is 0 Å². The zero-order valence-corrected chi connectivity index (χ0v) is 15.5. The second kappa shape index (κ2) is 7.46. The molecule has 0 radical (unpaired) electrons. The molecule has 0 spiro atoms. The molecule has 2 amide bonds. The van der Waals surface area contributed by atoms with Crippen molar-refractivity contribution in [2.24, 2.45) is 5.92 Å². The van der Waals surface area contributed by atoms with E-state index >= 15 is 0 Å². The Balaban J connectivity index is 1.65. The number of carbonyl (C=O) groups excluding carboxylic acids is 2. The summed E-state index contributed by atoms with van der Waals surface area (Å²) in [4.78, 5) is 29.2. The molecule has 1 aliphatic carbocycles. The van der Waals surface area contributed by atoms with Crippen molar-refractivity contribution in [3.05, 3.63) is 28.8 Å². The van der Waals surface area contributed by atoms with Gasteiger partial charge in [-0.1, -0.05) is 12.8 Å². The van der Waals surface area contributed by atoms with Gasteiger partial charge in [-0.05, 0) is 49.9 Å². The van der Waals surface area contributed by atoms with Crippen LogP contribution >= 0.6 is 0 Å². The number of piperazine rings is 1. The van der Waals surface area contributed by atoms with Gasteiger partial charge in [-0.3, -0.25) is 9.59 Å². The fourth-order valence-electron chi connectivity index (χ4n) is 3.86. The van der Waals surface area contributed by atoms with Crippen LogP contribution in [0.15, 0.2) is 12.1 Å². The highest BCUT2D eigenvalue weighted by Crippen LogP contribution is 2.28. The highest BCUT2D eigenvalue weighted by atomic mass is 16.5. The van der Waals surface area contributed by atoms with Crippen LogP contribution in [-0.4, -0.2) is 54.9 Å². The van der Waals surface area contributed by atoms with Crippen molar-refractivity contribution < 1.29 is 14.3 Å². The average molecular weight is 344 g/mol. The van der Waals surface area contributed by atoms with Crippen LogP contribution in [0.25, 0.3) is 0 Å². The summed E-state index contributed by atoms with van der Waals surface area (Å²) >= 11 is 0. The van der Waals surface area contributed by atoms with E-state index in [1.54, 1.807) is 7.11 Å². The Morgan fingerprint density at radius 1 is 0.960 bits per heavy atom. The van der Waals surface area contributed by atoms with Gasteiger partial charge in [0.1, 0.15) is 5.75 Å². The summed E-state index contributed by atoms with van der Waals surface area (Å²) in [7, 11) is 1.60. The Hall–Kier alpha value is -2.04. The molecule has 0 unspecified atom stereocenters. The lowest BCUT2D eigenvalue weighted by Crippen LogP contribution is -2.51. The molecular formula is C20H28N2O3. The third kappa shape index (κ3) is 3.65. The minimum Gasteiger partial charge on any atom is -0.496 e. The van der Waals surface area contributed by atoms with E-state index in [4.69, 9.17) is 4.74 Å². The van der Waals surface area contributed by atoms with Crippen molar-refractivity contribution in [2.75, 3.05) is 33.3 Å². The molecule has 2 fully saturated rings. The van der Waals surface area contributed by atoms with E-state index in [0.29, 0.717) is 37.5 Å². The van der Waals surface area contributed by atoms with Crippen molar-refractivity contribution >= 4 is 11.8 Å². The van der Waals surface area contributed by atoms with Crippen LogP contribution in [0.2, 0.25) is 0 Å². The third-order valence-corrected chi connectivity index (χ3v) is 5.63. The molecule has 1 aromatic rings. The van der Waals surface area contributed by atoms with Gasteiger partial charge in [0.25, 0.3) is 5.91 Å². The van der Waals surface area contributed by atoms with Gasteiger partial charge in [-0.2, -0.15) is 0 Å². The second-order valence-corrected chi connectivity index (χ2v) is 7.24. The molecule has 0 aromatic heterocycles. The van der Waals surface area contributed by atoms with Crippen molar-refractivity contribution in [1.82, 2.24) is 9.80 Å². The maximum atomic E-state index is 12.9. The fraction of sp³-hybridized carbons (Fsp3) is 0.600. The Morgan fingerprint density at radius 3 is 2.12 bits per heavy atom. The van der Waals surface area contributed by atoms with Crippen LogP contribution in [0.3, 0.4) is 0 Å². The quantitative estimate of drug-likeness (QED) is 0.847. The number of rotatable bonds is 3. The third-order valence-electron chi connectivity index (χ3n) is 5.63. The predicted molar refractivity (Wildman–Crippen MR) is 96.9 cm³/mol. The summed E-state index contributed by atoms with van der Waals surface area (Å²) in [5.74, 6) is 1.11. The van der Waals surface area contributed by atoms with Gasteiger partial charge in [0.05, 0.1) is 12.7 Å². The van der Waals surface area contributed by atoms with Gasteiger partial charge < -0.3 is 14.5 Å². The van der Waals surface area contributed by atoms with E-state index in [2.05, 4.69) is 0 Å². The summed E-state index contributed by atoms with van der Waals surface area (Å²) in [6.45, 7) is 6.46. The van der Waals surface area contributed by atoms with E-state index in [1.807, 2.05) is 35.8 Å². The highest BCUT2D eigenvalue weighted by Gasteiger charge is 2.31. The molecule has 3 rings (SSSR count). The van der Waals surface area contributed by atoms with Crippen LogP contribution < -0.4 is 4.74 Å². The molecule has 0 N–H and O–H groups in total. The number of benzene rings is 1. The highest BCUT2D eigenvalue weighted by molar-refractivity contribution is 5.97. The summed E-state index contributed by atoms with van der Waals surface area (Å²) in [5.41, 5.74) is 2.81. The zero-order chi connectivity index (χ0) is 18.0. The molecule has 1 heterocycles. The fourth-order valence-corrected chi connectivity index (χ4v) is 3.86. The van der Waals surface area contributed by atoms with Crippen LogP contribution in [0.4, 0.5) is 0 Å². The summed E-state index contributed by atoms with van der Waals surface area (Å²) in [5, 5.41) is 0. The van der Waals surface area contributed by atoms with Crippen molar-refractivity contribution in [2.45, 2.75) is 39.5 Å². The SMILES string of the molecule is COc1cc(C)c(C)cc1C(=O)N1CCN(C(=O)C2CCCC2)CC1. The minimum atomic E-state index is -0.00656. The Morgan fingerprint density at radius 2 is 1.52 bits per heavy atom. The lowest BCUT2D eigenvalue weighted by molar-refractivity contribution is -0.136. The van der Waals surface area contributed by atoms with Crippen LogP contribution in [0.5, 0.6) is 5.75 Å². The number of methoxy groups -OCH3 is 1. The molecule has 0 bridgehead atoms. The van der Waals surface area contributed by atoms with E-state index in [-0.39, 0.29) is 17.7 Å². The standard InChI is InChI=1S/C20H28N2O3/c1-14-12-17(18(25-3)13-15(14)2)20(24)22-10-8-21(9-11-22)19(23)16-6-4-5-7-16/h12-13,16H,4-11H2,1-3H3. The maximum absolute atomic E-state index is 12.9. The van der Waals surface area contributed by atoms with Crippen LogP contribution in [0.1, 0.15) is 47.2 Å². The lowest BCUT2D eigenvalue weighted by Gasteiger charge is -2.36. The molecule has 1 saturated carbocycles. The lowest BCUT2D eigenvalue weighted by atomic mass is 10.0. The van der Waals surface area contributed by atoms with Gasteiger partial charge in [-0.25, -0.2) is 0 Å². The molecule has 1 aliphatic heterocycles. The Kier molecular flexibility index (Phi) is 5.30. The number of hydrogen-bond donors (Lipinski definition) is 0. The number of ether oxygens (including phenoxy) is 1. The first-order valence-electron chi connectivity index (χ1n) is 9.24. The molecule has 1 saturated heterocycles. The molecule has 1 aromatic carbocycles. The smallest absolute Gasteiger partial charge is 0.257 e. The van der Waals surface area contributed by atoms with Crippen LogP contribution in [0, 0.1) is 19.8 Å². The normalized spacial score (nSPS) is 18.5. The first-order chi connectivity index (χ1) is 12.0. The molecule has 5 heteroatoms. The Labute approximate surface area is 149 Å². The second-order valence-electron chi connectivity index (χ2n) is 7.24. The summed E-state index contributed by atoms with van der Waals surface area (Å²) < 4.78 is 5.41. The van der Waals surface area contributed by atoms with E-state index in [9.17, 15) is 9.59 Å². The zero-order valence-electron chi connectivity index (χ0n) is 15.5. The van der Waals surface area contributed by atoms with E-state index in [1.165, 1.54) is 12.8 Å². The topological polar surface area (TPSA) is 49.9 Å². The molecule has 136 valence electrons. The van der Waals surface area contributed by atoms with Crippen molar-refractivity contribution in [3.8, 4) is 5.75 Å². The molecule has 2 aliphatic rings. The maximum Gasteiger partial charge on any atom is 0.257 e. The summed E-state index contributed by atoms with van der Waals surface area (Å²) in [6, 6.07) is 3.83. The minimum absolute atomic E-state index is 0.00656. The first kappa shape index (κ1) is 17.8. The van der Waals surface area contributed by atoms with Gasteiger partial charge in [-0.15, -0.1) is 0 Å². The predicted octanol–water partition coefficient (Wildman–Crippen LogP) is 2.79. The van der Waals surface area contributed by atoms with Crippen molar-refractivity contribution in [1.29, 1.82) is 0 Å². The molecule has 0 atom stereocenters. The number of aryl methyl sites for hydroxylation is 2. The number of hydrogen-bond acceptors (Lipinski definition) is 3. The van der Waals surface area contributed by atoms with E-state index in [0.717, 1.165) is 24.0 Å². The number of carbonyl (C=O) groups is 2. The first-order valence-corrected chi connectivity index (χ1v) is 9.24. The summed E-state index contributed by atoms with van der Waals surface area (Å²) in [6.07, 6.45) is 4.39. The molecular weight excluding hydrogens is 316 g/mol. The number of nitrogens with zero attached hydrogens (tertiary/aromatic N) is 2. The van der Waals surface area contributed by atoms with Crippen LogP contribution in [-0.2, 0) is 4.79 Å². The monoisotopic (exact) mass is 344 g/mol. The largest absolute Gasteiger partial charge is 0.496 e. The molecule has 25 heavy (non-hydrogen) atoms. The van der Waals surface area contributed by atoms with Gasteiger partial charge in [0.15, 0.2) is 0 Å². The molecule has 5 nitrogen and oxygen atoms in total. The van der Waals surface area contributed by atoms with Gasteiger partial charge >= 0.3 is 0 Å². The van der Waals surface area contributed by atoms with Gasteiger partial charge in [0, 0.05) is 32.1 Å². The van der Waals surface area contributed by atoms with Crippen molar-refractivity contribution in [3.63, 3.8) is 0 Å². The average Bonchev–Trinajstić information content (AvgIpc) is 3.17. The van der Waals surface area contributed by atoms with Gasteiger partial charge in [0.2, 0.25) is 5.91 Å². The Bertz CT molecular complexity index is 657. The number of amides is 2.